The van der Waals surface area contributed by atoms with Gasteiger partial charge in [0.15, 0.2) is 34.5 Å². The van der Waals surface area contributed by atoms with Gasteiger partial charge in [-0.3, -0.25) is 9.59 Å². The molecule has 0 saturated heterocycles. The minimum atomic E-state index is -1.42. The molecule has 2 aromatic rings. The second kappa shape index (κ2) is 11.1. The molecule has 0 unspecified atom stereocenters. The highest BCUT2D eigenvalue weighted by atomic mass is 16.6. The van der Waals surface area contributed by atoms with Crippen molar-refractivity contribution in [1.29, 1.82) is 0 Å². The minimum absolute atomic E-state index is 0.0354. The van der Waals surface area contributed by atoms with Crippen molar-refractivity contribution in [3.05, 3.63) is 24.3 Å². The molecule has 32 heavy (non-hydrogen) atoms. The average molecular weight is 448 g/mol. The van der Waals surface area contributed by atoms with E-state index >= 15 is 0 Å². The number of carbonyl (C=O) groups excluding carboxylic acids is 4. The second-order valence-corrected chi connectivity index (χ2v) is 5.71. The molecule has 0 atom stereocenters. The molecule has 0 aliphatic carbocycles. The van der Waals surface area contributed by atoms with Crippen LogP contribution in [0.3, 0.4) is 0 Å². The molecule has 0 aromatic heterocycles. The second-order valence-electron chi connectivity index (χ2n) is 5.71. The third-order valence-electron chi connectivity index (χ3n) is 3.97. The van der Waals surface area contributed by atoms with E-state index in [1.165, 1.54) is 52.7 Å². The molecule has 0 saturated carbocycles. The molecule has 2 N–H and O–H groups in total. The van der Waals surface area contributed by atoms with Crippen molar-refractivity contribution < 1.29 is 47.6 Å². The van der Waals surface area contributed by atoms with Crippen LogP contribution in [-0.4, -0.2) is 53.2 Å². The number of hydrogen-bond acceptors (Lipinski definition) is 10. The van der Waals surface area contributed by atoms with E-state index < -0.39 is 11.9 Å². The van der Waals surface area contributed by atoms with Gasteiger partial charge in [0.05, 0.1) is 39.8 Å². The number of hydrogen-bond donors (Lipinski definition) is 2. The molecule has 2 amide bonds. The van der Waals surface area contributed by atoms with Crippen molar-refractivity contribution >= 4 is 36.1 Å². The van der Waals surface area contributed by atoms with Gasteiger partial charge < -0.3 is 39.1 Å². The fourth-order valence-corrected chi connectivity index (χ4v) is 2.53. The first-order valence-corrected chi connectivity index (χ1v) is 8.78. The molecule has 0 fully saturated rings. The van der Waals surface area contributed by atoms with Gasteiger partial charge in [0.25, 0.3) is 0 Å². The fraction of sp³-hybridized carbons (Fsp3) is 0.200. The number of amides is 2. The van der Waals surface area contributed by atoms with Gasteiger partial charge in [-0.2, -0.15) is 0 Å². The number of methoxy groups -OCH3 is 4. The van der Waals surface area contributed by atoms with Crippen LogP contribution in [0.1, 0.15) is 0 Å². The van der Waals surface area contributed by atoms with Gasteiger partial charge in [-0.25, -0.2) is 9.59 Å². The van der Waals surface area contributed by atoms with E-state index in [2.05, 4.69) is 10.6 Å². The Bertz CT molecular complexity index is 940. The average Bonchev–Trinajstić information content (AvgIpc) is 2.80. The molecule has 0 radical (unpaired) electrons. The summed E-state index contributed by atoms with van der Waals surface area (Å²) in [5, 5.41) is 4.65. The molecule has 2 aromatic carbocycles. The summed E-state index contributed by atoms with van der Waals surface area (Å²) in [5.41, 5.74) is 0.0708. The molecular formula is C20H20N2O10. The number of esters is 2. The number of nitrogens with one attached hydrogen (secondary N) is 2. The Labute approximate surface area is 182 Å². The van der Waals surface area contributed by atoms with Crippen molar-refractivity contribution in [3.63, 3.8) is 0 Å². The van der Waals surface area contributed by atoms with Crippen molar-refractivity contribution in [2.75, 3.05) is 39.1 Å². The van der Waals surface area contributed by atoms with Crippen LogP contribution in [0.25, 0.3) is 0 Å². The molecule has 0 aliphatic heterocycles. The lowest BCUT2D eigenvalue weighted by Crippen LogP contribution is -2.26. The van der Waals surface area contributed by atoms with E-state index in [1.807, 2.05) is 0 Å². The van der Waals surface area contributed by atoms with Gasteiger partial charge in [0.2, 0.25) is 12.8 Å². The maximum absolute atomic E-state index is 12.3. The lowest BCUT2D eigenvalue weighted by molar-refractivity contribution is -0.156. The quantitative estimate of drug-likeness (QED) is 0.236. The summed E-state index contributed by atoms with van der Waals surface area (Å²) in [6.45, 7) is 0. The van der Waals surface area contributed by atoms with E-state index in [4.69, 9.17) is 28.4 Å². The van der Waals surface area contributed by atoms with Crippen LogP contribution in [0.5, 0.6) is 34.5 Å². The Hall–Kier alpha value is -4.48. The van der Waals surface area contributed by atoms with Crippen LogP contribution in [0, 0.1) is 0 Å². The third-order valence-corrected chi connectivity index (χ3v) is 3.97. The van der Waals surface area contributed by atoms with Crippen molar-refractivity contribution in [3.8, 4) is 34.5 Å². The van der Waals surface area contributed by atoms with Crippen LogP contribution in [0.15, 0.2) is 24.3 Å². The van der Waals surface area contributed by atoms with E-state index in [9.17, 15) is 19.2 Å². The molecule has 0 bridgehead atoms. The summed E-state index contributed by atoms with van der Waals surface area (Å²) < 4.78 is 30.6. The third kappa shape index (κ3) is 5.36. The van der Waals surface area contributed by atoms with Crippen LogP contribution in [0.2, 0.25) is 0 Å². The predicted octanol–water partition coefficient (Wildman–Crippen LogP) is 1.37. The maximum atomic E-state index is 12.3. The Morgan fingerprint density at radius 2 is 0.906 bits per heavy atom. The first kappa shape index (κ1) is 23.8. The Balaban J connectivity index is 2.31. The minimum Gasteiger partial charge on any atom is -0.493 e. The lowest BCUT2D eigenvalue weighted by Gasteiger charge is -2.15. The predicted molar refractivity (Wildman–Crippen MR) is 110 cm³/mol. The molecule has 0 heterocycles. The van der Waals surface area contributed by atoms with Gasteiger partial charge in [0.1, 0.15) is 0 Å². The van der Waals surface area contributed by atoms with Crippen LogP contribution < -0.4 is 39.1 Å². The zero-order valence-electron chi connectivity index (χ0n) is 17.5. The van der Waals surface area contributed by atoms with E-state index in [-0.39, 0.29) is 45.9 Å². The standard InChI is InChI=1S/C20H20N2O10/c1-27-15-5-11(21-9-23)13(7-17(15)29-3)31-19(25)20(26)32-14-8-18(30-4)16(28-2)6-12(14)22-10-24/h5-10H,1-4H3,(H,21,23)(H,22,24). The number of ether oxygens (including phenoxy) is 6. The molecular weight excluding hydrogens is 428 g/mol. The smallest absolute Gasteiger partial charge is 0.423 e. The van der Waals surface area contributed by atoms with Gasteiger partial charge in [0, 0.05) is 24.3 Å². The molecule has 2 rings (SSSR count). The molecule has 0 aliphatic rings. The highest BCUT2D eigenvalue weighted by Crippen LogP contribution is 2.39. The number of anilines is 2. The summed E-state index contributed by atoms with van der Waals surface area (Å²) in [4.78, 5) is 46.4. The first-order chi connectivity index (χ1) is 15.4. The molecule has 12 heteroatoms. The highest BCUT2D eigenvalue weighted by Gasteiger charge is 2.24. The Kier molecular flexibility index (Phi) is 8.22. The maximum Gasteiger partial charge on any atom is 0.423 e. The Morgan fingerprint density at radius 3 is 1.19 bits per heavy atom. The summed E-state index contributed by atoms with van der Waals surface area (Å²) in [7, 11) is 5.45. The molecule has 170 valence electrons. The highest BCUT2D eigenvalue weighted by molar-refractivity contribution is 6.31. The zero-order valence-corrected chi connectivity index (χ0v) is 17.5. The number of carbonyl (C=O) groups is 4. The van der Waals surface area contributed by atoms with E-state index in [0.717, 1.165) is 0 Å². The van der Waals surface area contributed by atoms with Crippen LogP contribution >= 0.6 is 0 Å². The zero-order chi connectivity index (χ0) is 23.7. The summed E-state index contributed by atoms with van der Waals surface area (Å²) >= 11 is 0. The van der Waals surface area contributed by atoms with Crippen molar-refractivity contribution in [1.82, 2.24) is 0 Å². The number of rotatable bonds is 10. The summed E-state index contributed by atoms with van der Waals surface area (Å²) in [5.74, 6) is -2.39. The van der Waals surface area contributed by atoms with Crippen LogP contribution in [-0.2, 0) is 19.2 Å². The Morgan fingerprint density at radius 1 is 0.594 bits per heavy atom. The lowest BCUT2D eigenvalue weighted by atomic mass is 10.2. The van der Waals surface area contributed by atoms with Crippen molar-refractivity contribution in [2.45, 2.75) is 0 Å². The van der Waals surface area contributed by atoms with Gasteiger partial charge in [-0.05, 0) is 0 Å². The molecule has 0 spiro atoms. The van der Waals surface area contributed by atoms with E-state index in [1.54, 1.807) is 0 Å². The first-order valence-electron chi connectivity index (χ1n) is 8.78. The topological polar surface area (TPSA) is 148 Å². The normalized spacial score (nSPS) is 9.75. The van der Waals surface area contributed by atoms with Gasteiger partial charge in [-0.1, -0.05) is 0 Å². The summed E-state index contributed by atoms with van der Waals surface area (Å²) in [6.07, 6.45) is 0.690. The SMILES string of the molecule is COc1cc(NC=O)c(OC(=O)C(=O)Oc2cc(OC)c(OC)cc2NC=O)cc1OC. The van der Waals surface area contributed by atoms with Gasteiger partial charge in [-0.15, -0.1) is 0 Å². The van der Waals surface area contributed by atoms with E-state index in [0.29, 0.717) is 12.8 Å². The largest absolute Gasteiger partial charge is 0.493 e. The summed E-state index contributed by atoms with van der Waals surface area (Å²) in [6, 6.07) is 5.15. The monoisotopic (exact) mass is 448 g/mol. The number of benzene rings is 2. The van der Waals surface area contributed by atoms with Crippen LogP contribution in [0.4, 0.5) is 11.4 Å². The van der Waals surface area contributed by atoms with Gasteiger partial charge >= 0.3 is 11.9 Å². The molecule has 12 nitrogen and oxygen atoms in total. The fourth-order valence-electron chi connectivity index (χ4n) is 2.53. The van der Waals surface area contributed by atoms with Crippen molar-refractivity contribution in [2.24, 2.45) is 0 Å².